The summed E-state index contributed by atoms with van der Waals surface area (Å²) in [4.78, 5) is 24.2. The average molecular weight is 325 g/mol. The van der Waals surface area contributed by atoms with Crippen LogP contribution in [0.2, 0.25) is 0 Å². The molecule has 0 unspecified atom stereocenters. The number of rotatable bonds is 6. The SMILES string of the molecule is Cc1ccc2[nH]c(CCC(=O)NCCc3nccn3C)nc2c1C. The number of benzene rings is 1. The molecule has 0 fully saturated rings. The molecule has 6 nitrogen and oxygen atoms in total. The topological polar surface area (TPSA) is 75.6 Å². The Morgan fingerprint density at radius 3 is 2.88 bits per heavy atom. The zero-order valence-corrected chi connectivity index (χ0v) is 14.4. The molecule has 0 bridgehead atoms. The third kappa shape index (κ3) is 3.48. The van der Waals surface area contributed by atoms with Crippen LogP contribution in [0.25, 0.3) is 11.0 Å². The van der Waals surface area contributed by atoms with Crippen LogP contribution in [0.15, 0.2) is 24.5 Å². The fraction of sp³-hybridized carbons (Fsp3) is 0.389. The minimum Gasteiger partial charge on any atom is -0.356 e. The molecule has 0 atom stereocenters. The van der Waals surface area contributed by atoms with E-state index in [9.17, 15) is 4.79 Å². The molecule has 1 aromatic carbocycles. The third-order valence-electron chi connectivity index (χ3n) is 4.41. The molecule has 3 rings (SSSR count). The van der Waals surface area contributed by atoms with Crippen LogP contribution in [0.1, 0.15) is 29.2 Å². The average Bonchev–Trinajstić information content (AvgIpc) is 3.16. The summed E-state index contributed by atoms with van der Waals surface area (Å²) in [6.45, 7) is 4.76. The van der Waals surface area contributed by atoms with Crippen LogP contribution in [-0.2, 0) is 24.7 Å². The third-order valence-corrected chi connectivity index (χ3v) is 4.41. The number of imidazole rings is 2. The minimum atomic E-state index is 0.0394. The highest BCUT2D eigenvalue weighted by molar-refractivity contribution is 5.80. The van der Waals surface area contributed by atoms with E-state index in [2.05, 4.69) is 40.2 Å². The first-order valence-corrected chi connectivity index (χ1v) is 8.22. The van der Waals surface area contributed by atoms with Crippen molar-refractivity contribution in [1.29, 1.82) is 0 Å². The Bertz CT molecular complexity index is 862. The molecular weight excluding hydrogens is 302 g/mol. The lowest BCUT2D eigenvalue weighted by molar-refractivity contribution is -0.121. The Hall–Kier alpha value is -2.63. The van der Waals surface area contributed by atoms with Gasteiger partial charge in [-0.1, -0.05) is 6.07 Å². The second-order valence-corrected chi connectivity index (χ2v) is 6.14. The number of aromatic amines is 1. The molecule has 0 aliphatic carbocycles. The lowest BCUT2D eigenvalue weighted by atomic mass is 10.1. The molecule has 0 saturated heterocycles. The number of hydrogen-bond acceptors (Lipinski definition) is 3. The fourth-order valence-corrected chi connectivity index (χ4v) is 2.75. The van der Waals surface area contributed by atoms with E-state index >= 15 is 0 Å². The maximum atomic E-state index is 12.0. The summed E-state index contributed by atoms with van der Waals surface area (Å²) in [6.07, 6.45) is 5.45. The molecule has 24 heavy (non-hydrogen) atoms. The molecule has 0 radical (unpaired) electrons. The number of hydrogen-bond donors (Lipinski definition) is 2. The van der Waals surface area contributed by atoms with Gasteiger partial charge in [0.2, 0.25) is 5.91 Å². The van der Waals surface area contributed by atoms with Gasteiger partial charge in [-0.05, 0) is 31.0 Å². The highest BCUT2D eigenvalue weighted by atomic mass is 16.1. The normalized spacial score (nSPS) is 11.1. The Morgan fingerprint density at radius 1 is 1.29 bits per heavy atom. The number of carbonyl (C=O) groups excluding carboxylic acids is 1. The summed E-state index contributed by atoms with van der Waals surface area (Å²) >= 11 is 0. The molecule has 0 aliphatic heterocycles. The van der Waals surface area contributed by atoms with E-state index in [0.29, 0.717) is 19.4 Å². The summed E-state index contributed by atoms with van der Waals surface area (Å²) in [7, 11) is 1.95. The van der Waals surface area contributed by atoms with Gasteiger partial charge in [0.15, 0.2) is 0 Å². The molecule has 2 N–H and O–H groups in total. The number of fused-ring (bicyclic) bond motifs is 1. The van der Waals surface area contributed by atoms with Crippen molar-refractivity contribution in [2.45, 2.75) is 33.1 Å². The van der Waals surface area contributed by atoms with E-state index in [1.54, 1.807) is 6.20 Å². The lowest BCUT2D eigenvalue weighted by Gasteiger charge is -2.04. The van der Waals surface area contributed by atoms with Gasteiger partial charge in [0.25, 0.3) is 0 Å². The van der Waals surface area contributed by atoms with Crippen LogP contribution >= 0.6 is 0 Å². The van der Waals surface area contributed by atoms with E-state index in [1.165, 1.54) is 11.1 Å². The highest BCUT2D eigenvalue weighted by Crippen LogP contribution is 2.19. The van der Waals surface area contributed by atoms with Gasteiger partial charge < -0.3 is 14.9 Å². The van der Waals surface area contributed by atoms with Crippen molar-refractivity contribution < 1.29 is 4.79 Å². The van der Waals surface area contributed by atoms with Crippen molar-refractivity contribution in [2.75, 3.05) is 6.54 Å². The van der Waals surface area contributed by atoms with E-state index in [4.69, 9.17) is 0 Å². The van der Waals surface area contributed by atoms with Crippen molar-refractivity contribution in [2.24, 2.45) is 7.05 Å². The number of aromatic nitrogens is 4. The minimum absolute atomic E-state index is 0.0394. The molecule has 1 amide bonds. The molecule has 0 aliphatic rings. The Morgan fingerprint density at radius 2 is 2.12 bits per heavy atom. The van der Waals surface area contributed by atoms with Crippen molar-refractivity contribution in [3.05, 3.63) is 47.3 Å². The van der Waals surface area contributed by atoms with Crippen LogP contribution in [0.4, 0.5) is 0 Å². The molecule has 6 heteroatoms. The second-order valence-electron chi connectivity index (χ2n) is 6.14. The standard InChI is InChI=1S/C18H23N5O/c1-12-4-5-14-18(13(12)2)22-15(21-14)6-7-17(24)20-9-8-16-19-10-11-23(16)3/h4-5,10-11H,6-9H2,1-3H3,(H,20,24)(H,21,22). The van der Waals surface area contributed by atoms with Gasteiger partial charge in [-0.2, -0.15) is 0 Å². The van der Waals surface area contributed by atoms with Gasteiger partial charge in [0.05, 0.1) is 11.0 Å². The second kappa shape index (κ2) is 6.86. The van der Waals surface area contributed by atoms with Gasteiger partial charge in [-0.15, -0.1) is 0 Å². The molecular formula is C18H23N5O. The smallest absolute Gasteiger partial charge is 0.220 e. The lowest BCUT2D eigenvalue weighted by Crippen LogP contribution is -2.26. The molecule has 0 spiro atoms. The quantitative estimate of drug-likeness (QED) is 0.729. The van der Waals surface area contributed by atoms with Gasteiger partial charge in [-0.25, -0.2) is 9.97 Å². The largest absolute Gasteiger partial charge is 0.356 e. The zero-order chi connectivity index (χ0) is 17.1. The van der Waals surface area contributed by atoms with E-state index in [0.717, 1.165) is 29.1 Å². The predicted molar refractivity (Wildman–Crippen MR) is 93.8 cm³/mol. The Kier molecular flexibility index (Phi) is 4.64. The predicted octanol–water partition coefficient (Wildman–Crippen LogP) is 2.20. The number of amides is 1. The molecule has 126 valence electrons. The van der Waals surface area contributed by atoms with Crippen LogP contribution in [0.3, 0.4) is 0 Å². The van der Waals surface area contributed by atoms with E-state index < -0.39 is 0 Å². The van der Waals surface area contributed by atoms with Crippen molar-refractivity contribution in [3.8, 4) is 0 Å². The number of aryl methyl sites for hydroxylation is 4. The first-order chi connectivity index (χ1) is 11.5. The van der Waals surface area contributed by atoms with E-state index in [-0.39, 0.29) is 5.91 Å². The first-order valence-electron chi connectivity index (χ1n) is 8.22. The van der Waals surface area contributed by atoms with Gasteiger partial charge in [0.1, 0.15) is 11.6 Å². The summed E-state index contributed by atoms with van der Waals surface area (Å²) in [6, 6.07) is 4.13. The monoisotopic (exact) mass is 325 g/mol. The number of nitrogens with one attached hydrogen (secondary N) is 2. The van der Waals surface area contributed by atoms with Gasteiger partial charge in [-0.3, -0.25) is 4.79 Å². The zero-order valence-electron chi connectivity index (χ0n) is 14.4. The fourth-order valence-electron chi connectivity index (χ4n) is 2.75. The summed E-state index contributed by atoms with van der Waals surface area (Å²) < 4.78 is 1.96. The van der Waals surface area contributed by atoms with E-state index in [1.807, 2.05) is 23.9 Å². The summed E-state index contributed by atoms with van der Waals surface area (Å²) in [5, 5.41) is 2.94. The van der Waals surface area contributed by atoms with Crippen molar-refractivity contribution in [3.63, 3.8) is 0 Å². The molecule has 2 aromatic heterocycles. The molecule has 3 aromatic rings. The van der Waals surface area contributed by atoms with Crippen LogP contribution in [-0.4, -0.2) is 32.0 Å². The van der Waals surface area contributed by atoms with Crippen molar-refractivity contribution >= 4 is 16.9 Å². The van der Waals surface area contributed by atoms with Crippen LogP contribution in [0.5, 0.6) is 0 Å². The molecule has 0 saturated carbocycles. The summed E-state index contributed by atoms with van der Waals surface area (Å²) in [5.41, 5.74) is 4.45. The van der Waals surface area contributed by atoms with Crippen molar-refractivity contribution in [1.82, 2.24) is 24.8 Å². The Balaban J connectivity index is 1.51. The van der Waals surface area contributed by atoms with Gasteiger partial charge in [0, 0.05) is 45.2 Å². The van der Waals surface area contributed by atoms with Gasteiger partial charge >= 0.3 is 0 Å². The number of H-pyrrole nitrogens is 1. The molecule has 2 heterocycles. The summed E-state index contributed by atoms with van der Waals surface area (Å²) in [5.74, 6) is 1.87. The number of nitrogens with zero attached hydrogens (tertiary/aromatic N) is 3. The maximum absolute atomic E-state index is 12.0. The first kappa shape index (κ1) is 16.2. The van der Waals surface area contributed by atoms with Crippen LogP contribution in [0, 0.1) is 13.8 Å². The number of carbonyl (C=O) groups is 1. The Labute approximate surface area is 141 Å². The van der Waals surface area contributed by atoms with Crippen LogP contribution < -0.4 is 5.32 Å². The highest BCUT2D eigenvalue weighted by Gasteiger charge is 2.09. The maximum Gasteiger partial charge on any atom is 0.220 e.